The standard InChI is InChI=1S/C15H20ClN3O2/c1-4-13(19-10(2)8-21-9-11(19)3)18-14-12(7-20)5-6-17-15(14)16/h5-7,10-11H,4,8-9H2,1-3H3. The molecule has 0 N–H and O–H groups in total. The van der Waals surface area contributed by atoms with Gasteiger partial charge < -0.3 is 9.64 Å². The van der Waals surface area contributed by atoms with Crippen molar-refractivity contribution >= 4 is 29.4 Å². The second kappa shape index (κ2) is 7.00. The molecule has 5 nitrogen and oxygen atoms in total. The summed E-state index contributed by atoms with van der Waals surface area (Å²) in [5, 5.41) is 0.249. The van der Waals surface area contributed by atoms with E-state index in [2.05, 4.69) is 28.7 Å². The van der Waals surface area contributed by atoms with Crippen LogP contribution in [0.15, 0.2) is 17.3 Å². The highest BCUT2D eigenvalue weighted by Crippen LogP contribution is 2.27. The fraction of sp³-hybridized carbons (Fsp3) is 0.533. The zero-order valence-corrected chi connectivity index (χ0v) is 13.3. The average Bonchev–Trinajstić information content (AvgIpc) is 2.47. The third kappa shape index (κ3) is 3.41. The minimum Gasteiger partial charge on any atom is -0.377 e. The molecule has 1 fully saturated rings. The van der Waals surface area contributed by atoms with Crippen LogP contribution in [0.5, 0.6) is 0 Å². The van der Waals surface area contributed by atoms with Crippen LogP contribution in [0.3, 0.4) is 0 Å². The van der Waals surface area contributed by atoms with E-state index in [1.165, 1.54) is 6.20 Å². The molecule has 0 saturated carbocycles. The summed E-state index contributed by atoms with van der Waals surface area (Å²) in [6.45, 7) is 7.59. The van der Waals surface area contributed by atoms with E-state index in [4.69, 9.17) is 16.3 Å². The summed E-state index contributed by atoms with van der Waals surface area (Å²) in [5.74, 6) is 0.899. The number of aromatic nitrogens is 1. The van der Waals surface area contributed by atoms with E-state index in [1.54, 1.807) is 6.07 Å². The van der Waals surface area contributed by atoms with Crippen LogP contribution in [-0.4, -0.2) is 47.3 Å². The molecular weight excluding hydrogens is 290 g/mol. The maximum Gasteiger partial charge on any atom is 0.155 e. The summed E-state index contributed by atoms with van der Waals surface area (Å²) >= 11 is 6.10. The van der Waals surface area contributed by atoms with Crippen molar-refractivity contribution in [1.82, 2.24) is 9.88 Å². The summed E-state index contributed by atoms with van der Waals surface area (Å²) in [5.41, 5.74) is 0.895. The molecule has 6 heteroatoms. The van der Waals surface area contributed by atoms with Crippen LogP contribution in [0.4, 0.5) is 5.69 Å². The Bertz CT molecular complexity index is 538. The maximum atomic E-state index is 11.2. The van der Waals surface area contributed by atoms with E-state index < -0.39 is 0 Å². The molecule has 2 heterocycles. The minimum atomic E-state index is 0.238. The Morgan fingerprint density at radius 2 is 2.19 bits per heavy atom. The lowest BCUT2D eigenvalue weighted by molar-refractivity contribution is -0.00147. The molecule has 0 aromatic carbocycles. The number of ether oxygens (including phenoxy) is 1. The highest BCUT2D eigenvalue weighted by Gasteiger charge is 2.27. The molecule has 1 saturated heterocycles. The van der Waals surface area contributed by atoms with Crippen molar-refractivity contribution in [2.24, 2.45) is 4.99 Å². The fourth-order valence-corrected chi connectivity index (χ4v) is 2.82. The van der Waals surface area contributed by atoms with Gasteiger partial charge in [-0.05, 0) is 19.9 Å². The second-order valence-corrected chi connectivity index (χ2v) is 5.54. The molecule has 1 aliphatic rings. The first-order valence-corrected chi connectivity index (χ1v) is 7.49. The SMILES string of the molecule is CCC(=Nc1c(C=O)ccnc1Cl)N1C(C)COCC1C. The fourth-order valence-electron chi connectivity index (χ4n) is 2.61. The third-order valence-electron chi connectivity index (χ3n) is 3.56. The first-order valence-electron chi connectivity index (χ1n) is 7.11. The van der Waals surface area contributed by atoms with Crippen molar-refractivity contribution in [3.05, 3.63) is 23.0 Å². The van der Waals surface area contributed by atoms with Gasteiger partial charge in [-0.25, -0.2) is 9.98 Å². The van der Waals surface area contributed by atoms with Gasteiger partial charge >= 0.3 is 0 Å². The number of morpholine rings is 1. The van der Waals surface area contributed by atoms with Gasteiger partial charge in [0.1, 0.15) is 11.5 Å². The van der Waals surface area contributed by atoms with Gasteiger partial charge in [0.05, 0.1) is 25.3 Å². The Labute approximate surface area is 130 Å². The molecule has 114 valence electrons. The van der Waals surface area contributed by atoms with Crippen LogP contribution in [0.1, 0.15) is 37.6 Å². The lowest BCUT2D eigenvalue weighted by Gasteiger charge is -2.41. The zero-order chi connectivity index (χ0) is 15.4. The number of carbonyl (C=O) groups excluding carboxylic acids is 1. The maximum absolute atomic E-state index is 11.2. The Kier molecular flexibility index (Phi) is 5.31. The van der Waals surface area contributed by atoms with E-state index in [1.807, 2.05) is 6.92 Å². The predicted molar refractivity (Wildman–Crippen MR) is 83.6 cm³/mol. The highest BCUT2D eigenvalue weighted by atomic mass is 35.5. The van der Waals surface area contributed by atoms with Crippen molar-refractivity contribution in [3.63, 3.8) is 0 Å². The molecule has 1 aromatic rings. The van der Waals surface area contributed by atoms with Crippen LogP contribution in [-0.2, 0) is 4.74 Å². The number of aldehydes is 1. The molecule has 1 aromatic heterocycles. The van der Waals surface area contributed by atoms with Gasteiger partial charge in [0.25, 0.3) is 0 Å². The van der Waals surface area contributed by atoms with Crippen LogP contribution < -0.4 is 0 Å². The van der Waals surface area contributed by atoms with Gasteiger partial charge in [-0.2, -0.15) is 0 Å². The van der Waals surface area contributed by atoms with Gasteiger partial charge in [0.2, 0.25) is 0 Å². The van der Waals surface area contributed by atoms with Crippen molar-refractivity contribution in [1.29, 1.82) is 0 Å². The first-order chi connectivity index (χ1) is 10.1. The summed E-state index contributed by atoms with van der Waals surface area (Å²) < 4.78 is 5.55. The predicted octanol–water partition coefficient (Wildman–Crippen LogP) is 3.10. The van der Waals surface area contributed by atoms with Crippen LogP contribution in [0, 0.1) is 0 Å². The average molecular weight is 310 g/mol. The van der Waals surface area contributed by atoms with Gasteiger partial charge in [-0.3, -0.25) is 4.79 Å². The normalized spacial score (nSPS) is 23.2. The van der Waals surface area contributed by atoms with Gasteiger partial charge in [0.15, 0.2) is 11.4 Å². The van der Waals surface area contributed by atoms with E-state index in [0.717, 1.165) is 18.5 Å². The molecule has 0 bridgehead atoms. The summed E-state index contributed by atoms with van der Waals surface area (Å²) in [7, 11) is 0. The lowest BCUT2D eigenvalue weighted by Crippen LogP contribution is -2.52. The number of amidine groups is 1. The van der Waals surface area contributed by atoms with Gasteiger partial charge in [0, 0.05) is 18.2 Å². The Balaban J connectivity index is 2.43. The van der Waals surface area contributed by atoms with Crippen LogP contribution in [0.2, 0.25) is 5.15 Å². The van der Waals surface area contributed by atoms with Gasteiger partial charge in [-0.15, -0.1) is 0 Å². The number of aliphatic imine (C=N–C) groups is 1. The number of pyridine rings is 1. The molecule has 0 spiro atoms. The lowest BCUT2D eigenvalue weighted by atomic mass is 10.1. The molecular formula is C15H20ClN3O2. The Morgan fingerprint density at radius 3 is 2.76 bits per heavy atom. The number of hydrogen-bond donors (Lipinski definition) is 0. The number of nitrogens with zero attached hydrogens (tertiary/aromatic N) is 3. The third-order valence-corrected chi connectivity index (χ3v) is 3.84. The van der Waals surface area contributed by atoms with Crippen molar-refractivity contribution in [2.45, 2.75) is 39.3 Å². The van der Waals surface area contributed by atoms with E-state index >= 15 is 0 Å². The quantitative estimate of drug-likeness (QED) is 0.372. The number of rotatable bonds is 3. The summed E-state index contributed by atoms with van der Waals surface area (Å²) in [6.07, 6.45) is 3.01. The zero-order valence-electron chi connectivity index (χ0n) is 12.5. The van der Waals surface area contributed by atoms with E-state index in [9.17, 15) is 4.79 Å². The van der Waals surface area contributed by atoms with Crippen molar-refractivity contribution in [3.8, 4) is 0 Å². The Morgan fingerprint density at radius 1 is 1.52 bits per heavy atom. The van der Waals surface area contributed by atoms with Gasteiger partial charge in [-0.1, -0.05) is 18.5 Å². The number of carbonyl (C=O) groups is 1. The van der Waals surface area contributed by atoms with E-state index in [-0.39, 0.29) is 17.2 Å². The van der Waals surface area contributed by atoms with Crippen molar-refractivity contribution < 1.29 is 9.53 Å². The monoisotopic (exact) mass is 309 g/mol. The van der Waals surface area contributed by atoms with Crippen LogP contribution in [0.25, 0.3) is 0 Å². The first kappa shape index (κ1) is 15.9. The molecule has 2 rings (SSSR count). The Hall–Kier alpha value is -1.46. The minimum absolute atomic E-state index is 0.238. The van der Waals surface area contributed by atoms with E-state index in [0.29, 0.717) is 24.5 Å². The van der Waals surface area contributed by atoms with Crippen LogP contribution >= 0.6 is 11.6 Å². The molecule has 21 heavy (non-hydrogen) atoms. The molecule has 1 aliphatic heterocycles. The highest BCUT2D eigenvalue weighted by molar-refractivity contribution is 6.32. The summed E-state index contributed by atoms with van der Waals surface area (Å²) in [4.78, 5) is 22.1. The largest absolute Gasteiger partial charge is 0.377 e. The smallest absolute Gasteiger partial charge is 0.155 e. The molecule has 2 unspecified atom stereocenters. The van der Waals surface area contributed by atoms with Crippen molar-refractivity contribution in [2.75, 3.05) is 13.2 Å². The molecule has 2 atom stereocenters. The molecule has 0 aliphatic carbocycles. The summed E-state index contributed by atoms with van der Waals surface area (Å²) in [6, 6.07) is 2.10. The second-order valence-electron chi connectivity index (χ2n) is 5.18. The molecule has 0 amide bonds. The topological polar surface area (TPSA) is 54.8 Å². The molecule has 0 radical (unpaired) electrons. The number of halogens is 1. The number of hydrogen-bond acceptors (Lipinski definition) is 4.